The number of carbonyl (C=O) groups is 1. The van der Waals surface area contributed by atoms with E-state index >= 15 is 0 Å². The number of halogens is 2. The Morgan fingerprint density at radius 2 is 2.17 bits per heavy atom. The maximum atomic E-state index is 13.1. The quantitative estimate of drug-likeness (QED) is 0.914. The molecule has 0 aliphatic rings. The van der Waals surface area contributed by atoms with Crippen LogP contribution in [0.15, 0.2) is 34.1 Å². The molecule has 0 saturated carbocycles. The van der Waals surface area contributed by atoms with Gasteiger partial charge < -0.3 is 5.32 Å². The highest BCUT2D eigenvalue weighted by molar-refractivity contribution is 9.11. The van der Waals surface area contributed by atoms with Gasteiger partial charge in [0.2, 0.25) is 0 Å². The van der Waals surface area contributed by atoms with E-state index in [2.05, 4.69) is 21.2 Å². The highest BCUT2D eigenvalue weighted by atomic mass is 79.9. The Hall–Kier alpha value is -1.71. The molecule has 0 bridgehead atoms. The van der Waals surface area contributed by atoms with E-state index in [-0.39, 0.29) is 11.5 Å². The molecule has 0 saturated heterocycles. The second kappa shape index (κ2) is 5.29. The first kappa shape index (κ1) is 12.7. The fourth-order valence-electron chi connectivity index (χ4n) is 1.32. The van der Waals surface area contributed by atoms with Gasteiger partial charge in [-0.1, -0.05) is 0 Å². The fourth-order valence-corrected chi connectivity index (χ4v) is 2.60. The number of nitriles is 1. The summed E-state index contributed by atoms with van der Waals surface area (Å²) in [5.41, 5.74) is 0.294. The van der Waals surface area contributed by atoms with Gasteiger partial charge in [0.1, 0.15) is 11.9 Å². The van der Waals surface area contributed by atoms with Crippen molar-refractivity contribution < 1.29 is 9.18 Å². The highest BCUT2D eigenvalue weighted by Gasteiger charge is 2.10. The summed E-state index contributed by atoms with van der Waals surface area (Å²) in [6.07, 6.45) is 0. The number of amides is 1. The van der Waals surface area contributed by atoms with E-state index in [9.17, 15) is 9.18 Å². The lowest BCUT2D eigenvalue weighted by atomic mass is 10.2. The molecule has 1 N–H and O–H groups in total. The summed E-state index contributed by atoms with van der Waals surface area (Å²) < 4.78 is 13.9. The molecule has 2 aromatic rings. The molecule has 1 aromatic heterocycles. The van der Waals surface area contributed by atoms with Crippen molar-refractivity contribution in [3.05, 3.63) is 50.4 Å². The molecule has 90 valence electrons. The molecule has 0 radical (unpaired) electrons. The molecule has 1 amide bonds. The zero-order valence-electron chi connectivity index (χ0n) is 8.91. The molecule has 1 aromatic carbocycles. The van der Waals surface area contributed by atoms with Gasteiger partial charge in [0, 0.05) is 5.69 Å². The number of rotatable bonds is 2. The van der Waals surface area contributed by atoms with Gasteiger partial charge in [-0.25, -0.2) is 4.39 Å². The third kappa shape index (κ3) is 2.75. The van der Waals surface area contributed by atoms with Crippen molar-refractivity contribution >= 4 is 38.9 Å². The van der Waals surface area contributed by atoms with Gasteiger partial charge >= 0.3 is 0 Å². The predicted molar refractivity (Wildman–Crippen MR) is 71.1 cm³/mol. The van der Waals surface area contributed by atoms with E-state index in [0.29, 0.717) is 10.6 Å². The third-order valence-electron chi connectivity index (χ3n) is 2.14. The van der Waals surface area contributed by atoms with Gasteiger partial charge in [-0.15, -0.1) is 11.3 Å². The van der Waals surface area contributed by atoms with Crippen LogP contribution in [-0.4, -0.2) is 5.91 Å². The minimum Gasteiger partial charge on any atom is -0.321 e. The summed E-state index contributed by atoms with van der Waals surface area (Å²) in [5.74, 6) is -0.893. The Bertz CT molecular complexity index is 648. The van der Waals surface area contributed by atoms with Crippen LogP contribution in [0.5, 0.6) is 0 Å². The summed E-state index contributed by atoms with van der Waals surface area (Å²) in [6.45, 7) is 0. The van der Waals surface area contributed by atoms with Crippen molar-refractivity contribution in [3.8, 4) is 6.07 Å². The van der Waals surface area contributed by atoms with Crippen LogP contribution in [0.25, 0.3) is 0 Å². The van der Waals surface area contributed by atoms with Crippen molar-refractivity contribution in [1.29, 1.82) is 5.26 Å². The lowest BCUT2D eigenvalue weighted by Crippen LogP contribution is -2.10. The van der Waals surface area contributed by atoms with Crippen molar-refractivity contribution in [2.24, 2.45) is 0 Å². The highest BCUT2D eigenvalue weighted by Crippen LogP contribution is 2.23. The molecule has 1 heterocycles. The normalized spacial score (nSPS) is 9.83. The van der Waals surface area contributed by atoms with Gasteiger partial charge in [-0.3, -0.25) is 4.79 Å². The number of anilines is 1. The van der Waals surface area contributed by atoms with Crippen LogP contribution in [0.2, 0.25) is 0 Å². The molecule has 18 heavy (non-hydrogen) atoms. The van der Waals surface area contributed by atoms with Gasteiger partial charge in [0.15, 0.2) is 0 Å². The monoisotopic (exact) mass is 324 g/mol. The molecule has 0 unspecified atom stereocenters. The van der Waals surface area contributed by atoms with Gasteiger partial charge in [-0.2, -0.15) is 5.26 Å². The smallest absolute Gasteiger partial charge is 0.265 e. The van der Waals surface area contributed by atoms with E-state index in [4.69, 9.17) is 5.26 Å². The van der Waals surface area contributed by atoms with Crippen molar-refractivity contribution in [3.63, 3.8) is 0 Å². The van der Waals surface area contributed by atoms with Gasteiger partial charge in [0.05, 0.1) is 14.2 Å². The van der Waals surface area contributed by atoms with E-state index < -0.39 is 5.82 Å². The molecule has 0 aliphatic heterocycles. The Morgan fingerprint density at radius 3 is 2.78 bits per heavy atom. The van der Waals surface area contributed by atoms with Crippen LogP contribution in [0.3, 0.4) is 0 Å². The average molecular weight is 325 g/mol. The first-order chi connectivity index (χ1) is 8.60. The minimum atomic E-state index is -0.602. The molecule has 6 heteroatoms. The SMILES string of the molecule is N#Cc1cc(NC(=O)c2ccc(Br)s2)ccc1F. The lowest BCUT2D eigenvalue weighted by molar-refractivity contribution is 0.103. The van der Waals surface area contributed by atoms with Crippen LogP contribution in [0.1, 0.15) is 15.2 Å². The molecular formula is C12H6BrFN2OS. The standard InChI is InChI=1S/C12H6BrFN2OS/c13-11-4-3-10(18-11)12(17)16-8-1-2-9(14)7(5-8)6-15/h1-5H,(H,16,17). The van der Waals surface area contributed by atoms with Gasteiger partial charge in [0.25, 0.3) is 5.91 Å². The second-order valence-corrected chi connectivity index (χ2v) is 5.83. The topological polar surface area (TPSA) is 52.9 Å². The molecule has 0 atom stereocenters. The summed E-state index contributed by atoms with van der Waals surface area (Å²) in [4.78, 5) is 12.3. The Kier molecular flexibility index (Phi) is 3.75. The number of thiophene rings is 1. The third-order valence-corrected chi connectivity index (χ3v) is 3.76. The zero-order valence-corrected chi connectivity index (χ0v) is 11.3. The van der Waals surface area contributed by atoms with E-state index in [1.165, 1.54) is 23.5 Å². The largest absolute Gasteiger partial charge is 0.321 e. The number of nitrogens with one attached hydrogen (secondary N) is 1. The molecular weight excluding hydrogens is 319 g/mol. The van der Waals surface area contributed by atoms with Crippen molar-refractivity contribution in [2.75, 3.05) is 5.32 Å². The first-order valence-corrected chi connectivity index (χ1v) is 6.47. The number of nitrogens with zero attached hydrogens (tertiary/aromatic N) is 1. The number of hydrogen-bond acceptors (Lipinski definition) is 3. The fraction of sp³-hybridized carbons (Fsp3) is 0. The molecule has 3 nitrogen and oxygen atoms in total. The molecule has 2 rings (SSSR count). The summed E-state index contributed by atoms with van der Waals surface area (Å²) in [7, 11) is 0. The maximum absolute atomic E-state index is 13.1. The maximum Gasteiger partial charge on any atom is 0.265 e. The van der Waals surface area contributed by atoms with Crippen LogP contribution < -0.4 is 5.32 Å². The van der Waals surface area contributed by atoms with Crippen LogP contribution in [0.4, 0.5) is 10.1 Å². The van der Waals surface area contributed by atoms with Gasteiger partial charge in [-0.05, 0) is 46.3 Å². The Labute approximate surface area is 115 Å². The summed E-state index contributed by atoms with van der Waals surface area (Å²) in [6, 6.07) is 9.04. The lowest BCUT2D eigenvalue weighted by Gasteiger charge is -2.04. The summed E-state index contributed by atoms with van der Waals surface area (Å²) >= 11 is 4.56. The molecule has 0 aliphatic carbocycles. The van der Waals surface area contributed by atoms with Crippen LogP contribution in [0, 0.1) is 17.1 Å². The van der Waals surface area contributed by atoms with Crippen molar-refractivity contribution in [2.45, 2.75) is 0 Å². The Balaban J connectivity index is 2.20. The molecule has 0 spiro atoms. The average Bonchev–Trinajstić information content (AvgIpc) is 2.78. The minimum absolute atomic E-state index is 0.0971. The van der Waals surface area contributed by atoms with E-state index in [0.717, 1.165) is 9.85 Å². The summed E-state index contributed by atoms with van der Waals surface area (Å²) in [5, 5.41) is 11.3. The predicted octanol–water partition coefficient (Wildman–Crippen LogP) is 3.77. The van der Waals surface area contributed by atoms with E-state index in [1.54, 1.807) is 18.2 Å². The zero-order chi connectivity index (χ0) is 13.1. The van der Waals surface area contributed by atoms with Crippen LogP contribution >= 0.6 is 27.3 Å². The molecule has 0 fully saturated rings. The number of carbonyl (C=O) groups excluding carboxylic acids is 1. The number of benzene rings is 1. The van der Waals surface area contributed by atoms with Crippen LogP contribution in [-0.2, 0) is 0 Å². The van der Waals surface area contributed by atoms with Crippen molar-refractivity contribution in [1.82, 2.24) is 0 Å². The number of hydrogen-bond donors (Lipinski definition) is 1. The van der Waals surface area contributed by atoms with E-state index in [1.807, 2.05) is 0 Å². The second-order valence-electron chi connectivity index (χ2n) is 3.36. The Morgan fingerprint density at radius 1 is 1.39 bits per heavy atom. The first-order valence-electron chi connectivity index (χ1n) is 4.86.